The molecular weight excluding hydrogens is 357 g/mol. The summed E-state index contributed by atoms with van der Waals surface area (Å²) in [7, 11) is -4.96. The smallest absolute Gasteiger partial charge is 0.469 e. The number of hydrogen-bond acceptors (Lipinski definition) is 9. The quantitative estimate of drug-likeness (QED) is 0.149. The second-order valence-electron chi connectivity index (χ2n) is 5.10. The van der Waals surface area contributed by atoms with Gasteiger partial charge in [0, 0.05) is 6.42 Å². The van der Waals surface area contributed by atoms with Gasteiger partial charge in [-0.3, -0.25) is 9.32 Å². The van der Waals surface area contributed by atoms with Gasteiger partial charge in [0.25, 0.3) is 5.79 Å². The van der Waals surface area contributed by atoms with Crippen LogP contribution in [0.15, 0.2) is 0 Å². The fourth-order valence-electron chi connectivity index (χ4n) is 2.17. The van der Waals surface area contributed by atoms with Crippen LogP contribution >= 0.6 is 7.82 Å². The van der Waals surface area contributed by atoms with Crippen LogP contribution in [0, 0.1) is 0 Å². The summed E-state index contributed by atoms with van der Waals surface area (Å²) in [4.78, 5) is 38.7. The molecule has 1 heterocycles. The highest BCUT2D eigenvalue weighted by Gasteiger charge is 2.53. The van der Waals surface area contributed by atoms with E-state index in [-0.39, 0.29) is 6.41 Å². The first-order valence-electron chi connectivity index (χ1n) is 6.49. The maximum absolute atomic E-state index is 11.0. The lowest BCUT2D eigenvalue weighted by atomic mass is 9.89. The highest BCUT2D eigenvalue weighted by Crippen LogP contribution is 2.36. The highest BCUT2D eigenvalue weighted by molar-refractivity contribution is 7.46. The molecule has 1 amide bonds. The monoisotopic (exact) mass is 375 g/mol. The summed E-state index contributed by atoms with van der Waals surface area (Å²) in [6, 6.07) is -1.41. The van der Waals surface area contributed by atoms with E-state index >= 15 is 0 Å². The maximum atomic E-state index is 11.0. The summed E-state index contributed by atoms with van der Waals surface area (Å²) >= 11 is 0. The fourth-order valence-corrected chi connectivity index (χ4v) is 2.52. The van der Waals surface area contributed by atoms with E-state index in [0.29, 0.717) is 0 Å². The van der Waals surface area contributed by atoms with E-state index in [0.717, 1.165) is 0 Å². The number of nitrogens with one attached hydrogen (secondary N) is 1. The van der Waals surface area contributed by atoms with Gasteiger partial charge in [0.15, 0.2) is 0 Å². The molecule has 1 fully saturated rings. The predicted molar refractivity (Wildman–Crippen MR) is 71.1 cm³/mol. The van der Waals surface area contributed by atoms with Crippen molar-refractivity contribution in [1.29, 1.82) is 0 Å². The number of ether oxygens (including phenoxy) is 1. The first-order valence-corrected chi connectivity index (χ1v) is 8.02. The van der Waals surface area contributed by atoms with Crippen molar-refractivity contribution in [2.24, 2.45) is 0 Å². The number of hydrogen-bond donors (Lipinski definition) is 8. The van der Waals surface area contributed by atoms with Crippen LogP contribution < -0.4 is 5.32 Å². The number of carbonyl (C=O) groups excluding carboxylic acids is 1. The lowest BCUT2D eigenvalue weighted by Gasteiger charge is -2.44. The number of amides is 1. The molecule has 0 radical (unpaired) electrons. The summed E-state index contributed by atoms with van der Waals surface area (Å²) in [6.45, 7) is -1.07. The number of carbonyl (C=O) groups is 2. The van der Waals surface area contributed by atoms with Gasteiger partial charge in [-0.05, 0) is 0 Å². The van der Waals surface area contributed by atoms with Gasteiger partial charge in [0.05, 0.1) is 18.8 Å². The first kappa shape index (κ1) is 20.9. The Balaban J connectivity index is 2.96. The summed E-state index contributed by atoms with van der Waals surface area (Å²) < 4.78 is 19.4. The van der Waals surface area contributed by atoms with Crippen LogP contribution in [0.3, 0.4) is 0 Å². The average Bonchev–Trinajstić information content (AvgIpc) is 2.45. The van der Waals surface area contributed by atoms with Gasteiger partial charge in [0.1, 0.15) is 18.3 Å². The summed E-state index contributed by atoms with van der Waals surface area (Å²) in [5.74, 6) is -4.79. The van der Waals surface area contributed by atoms with Gasteiger partial charge in [-0.1, -0.05) is 0 Å². The molecule has 14 heteroatoms. The van der Waals surface area contributed by atoms with E-state index < -0.39 is 63.1 Å². The van der Waals surface area contributed by atoms with Gasteiger partial charge in [-0.15, -0.1) is 0 Å². The first-order chi connectivity index (χ1) is 10.9. The van der Waals surface area contributed by atoms with Gasteiger partial charge >= 0.3 is 13.8 Å². The lowest BCUT2D eigenvalue weighted by molar-refractivity contribution is -0.294. The number of phosphoric acid groups is 1. The van der Waals surface area contributed by atoms with Crippen molar-refractivity contribution in [3.05, 3.63) is 0 Å². The van der Waals surface area contributed by atoms with Gasteiger partial charge in [-0.2, -0.15) is 0 Å². The highest BCUT2D eigenvalue weighted by atomic mass is 31.2. The number of carboxylic acid groups (broad SMARTS) is 1. The largest absolute Gasteiger partial charge is 0.477 e. The van der Waals surface area contributed by atoms with E-state index in [1.165, 1.54) is 0 Å². The molecule has 0 aromatic rings. The van der Waals surface area contributed by atoms with E-state index in [1.807, 2.05) is 5.32 Å². The molecule has 0 aromatic carbocycles. The number of phosphoric ester groups is 1. The number of aliphatic hydroxyl groups excluding tert-OH is 3. The zero-order valence-electron chi connectivity index (χ0n) is 12.0. The molecule has 8 N–H and O–H groups in total. The molecule has 13 nitrogen and oxygen atoms in total. The Kier molecular flexibility index (Phi) is 6.81. The minimum atomic E-state index is -4.96. The molecule has 1 saturated heterocycles. The Morgan fingerprint density at radius 2 is 2.04 bits per heavy atom. The van der Waals surface area contributed by atoms with Crippen molar-refractivity contribution in [3.63, 3.8) is 0 Å². The average molecular weight is 375 g/mol. The van der Waals surface area contributed by atoms with Crippen LogP contribution in [0.2, 0.25) is 0 Å². The molecule has 1 aliphatic heterocycles. The molecule has 0 bridgehead atoms. The van der Waals surface area contributed by atoms with E-state index in [4.69, 9.17) is 19.6 Å². The molecule has 24 heavy (non-hydrogen) atoms. The van der Waals surface area contributed by atoms with Gasteiger partial charge in [0.2, 0.25) is 6.41 Å². The molecule has 0 aromatic heterocycles. The zero-order valence-corrected chi connectivity index (χ0v) is 12.9. The van der Waals surface area contributed by atoms with Crippen molar-refractivity contribution >= 4 is 20.2 Å². The number of aliphatic carboxylic acids is 1. The maximum Gasteiger partial charge on any atom is 0.469 e. The van der Waals surface area contributed by atoms with Crippen molar-refractivity contribution in [3.8, 4) is 0 Å². The second-order valence-corrected chi connectivity index (χ2v) is 6.34. The Hall–Kier alpha value is -1.15. The van der Waals surface area contributed by atoms with Crippen molar-refractivity contribution in [2.75, 3.05) is 6.61 Å². The molecule has 0 aliphatic carbocycles. The van der Waals surface area contributed by atoms with Crippen molar-refractivity contribution < 1.29 is 58.7 Å². The molecule has 1 aliphatic rings. The summed E-state index contributed by atoms with van der Waals surface area (Å²) in [5, 5.41) is 50.3. The van der Waals surface area contributed by atoms with Crippen LogP contribution in [0.1, 0.15) is 6.42 Å². The third-order valence-corrected chi connectivity index (χ3v) is 3.81. The van der Waals surface area contributed by atoms with Crippen LogP contribution in [0.25, 0.3) is 0 Å². The third-order valence-electron chi connectivity index (χ3n) is 3.32. The molecule has 1 unspecified atom stereocenters. The Morgan fingerprint density at radius 3 is 2.50 bits per heavy atom. The molecule has 140 valence electrons. The van der Waals surface area contributed by atoms with Crippen LogP contribution in [-0.4, -0.2) is 90.6 Å². The van der Waals surface area contributed by atoms with Gasteiger partial charge < -0.3 is 45.4 Å². The van der Waals surface area contributed by atoms with Gasteiger partial charge in [-0.25, -0.2) is 9.36 Å². The van der Waals surface area contributed by atoms with Crippen LogP contribution in [-0.2, 0) is 23.4 Å². The minimum absolute atomic E-state index is 0.112. The number of carboxylic acids is 1. The zero-order chi connectivity index (χ0) is 18.7. The predicted octanol–water partition coefficient (Wildman–Crippen LogP) is -4.14. The SMILES string of the molecule is O=CN[C@H]1[C@H]([C@H](O)[C@H](O)COP(=O)(O)O)OC(O)(C(=O)O)C[C@@H]1O. The molecule has 0 saturated carbocycles. The van der Waals surface area contributed by atoms with E-state index in [9.17, 15) is 34.6 Å². The lowest BCUT2D eigenvalue weighted by Crippen LogP contribution is -2.66. The van der Waals surface area contributed by atoms with Crippen LogP contribution in [0.5, 0.6) is 0 Å². The minimum Gasteiger partial charge on any atom is -0.477 e. The molecular formula is C10H18NO12P. The van der Waals surface area contributed by atoms with Crippen molar-refractivity contribution in [2.45, 2.75) is 42.7 Å². The van der Waals surface area contributed by atoms with E-state index in [1.54, 1.807) is 0 Å². The van der Waals surface area contributed by atoms with Crippen LogP contribution in [0.4, 0.5) is 0 Å². The topological polar surface area (TPSA) is 223 Å². The summed E-state index contributed by atoms with van der Waals surface area (Å²) in [5.41, 5.74) is 0. The Labute approximate surface area is 134 Å². The number of aliphatic hydroxyl groups is 4. The Morgan fingerprint density at radius 1 is 1.46 bits per heavy atom. The third kappa shape index (κ3) is 5.17. The second kappa shape index (κ2) is 7.82. The fraction of sp³-hybridized carbons (Fsp3) is 0.800. The molecule has 0 spiro atoms. The normalized spacial score (nSPS) is 33.5. The van der Waals surface area contributed by atoms with E-state index in [2.05, 4.69) is 4.52 Å². The Bertz CT molecular complexity index is 510. The molecule has 1 rings (SSSR count). The number of rotatable bonds is 8. The standard InChI is InChI=1S/C10H18NO12P/c12-3-11-6-4(13)1-10(18,9(16)17)23-8(6)7(15)5(14)2-22-24(19,20)21/h3-8,13-15,18H,1-2H2,(H,11,12)(H,16,17)(H2,19,20,21)/t4-,5+,6+,7+,8+,10?/m0/s1. The summed E-state index contributed by atoms with van der Waals surface area (Å²) in [6.07, 6.45) is -8.29. The van der Waals surface area contributed by atoms with Crippen molar-refractivity contribution in [1.82, 2.24) is 5.32 Å². The molecule has 6 atom stereocenters.